The number of ether oxygens (including phenoxy) is 1. The van der Waals surface area contributed by atoms with E-state index < -0.39 is 0 Å². The van der Waals surface area contributed by atoms with Crippen molar-refractivity contribution < 1.29 is 9.53 Å². The van der Waals surface area contributed by atoms with E-state index in [0.29, 0.717) is 23.5 Å². The Labute approximate surface area is 191 Å². The van der Waals surface area contributed by atoms with Crippen molar-refractivity contribution >= 4 is 68.2 Å². The Morgan fingerprint density at radius 1 is 1.23 bits per heavy atom. The van der Waals surface area contributed by atoms with E-state index in [4.69, 9.17) is 15.5 Å². The first-order valence-electron chi connectivity index (χ1n) is 9.55. The maximum atomic E-state index is 11.2. The fourth-order valence-electron chi connectivity index (χ4n) is 3.36. The summed E-state index contributed by atoms with van der Waals surface area (Å²) in [5.41, 5.74) is 8.43. The average molecular weight is 536 g/mol. The molecule has 0 saturated carbocycles. The molecule has 8 nitrogen and oxygen atoms in total. The van der Waals surface area contributed by atoms with E-state index in [0.717, 1.165) is 23.1 Å². The molecular formula is C20H21IN6O2S. The van der Waals surface area contributed by atoms with E-state index in [1.165, 1.54) is 27.7 Å². The van der Waals surface area contributed by atoms with Crippen LogP contribution in [0.3, 0.4) is 0 Å². The number of imidazole rings is 1. The number of fused-ring (bicyclic) bond motifs is 2. The van der Waals surface area contributed by atoms with Crippen molar-refractivity contribution in [2.75, 3.05) is 12.3 Å². The number of rotatable bonds is 7. The Bertz CT molecular complexity index is 1240. The van der Waals surface area contributed by atoms with Crippen LogP contribution in [0.15, 0.2) is 40.8 Å². The Morgan fingerprint density at radius 3 is 2.80 bits per heavy atom. The molecule has 0 aliphatic carbocycles. The molecule has 0 bridgehead atoms. The first-order chi connectivity index (χ1) is 14.5. The second-order valence-electron chi connectivity index (χ2n) is 6.71. The van der Waals surface area contributed by atoms with Crippen LogP contribution in [-0.4, -0.2) is 36.7 Å². The van der Waals surface area contributed by atoms with Gasteiger partial charge >= 0.3 is 5.97 Å². The molecule has 156 valence electrons. The number of aromatic nitrogens is 5. The lowest BCUT2D eigenvalue weighted by atomic mass is 10.2. The first-order valence-corrected chi connectivity index (χ1v) is 11.5. The van der Waals surface area contributed by atoms with Gasteiger partial charge in [0.05, 0.1) is 15.1 Å². The van der Waals surface area contributed by atoms with Gasteiger partial charge in [0.25, 0.3) is 0 Å². The molecule has 0 saturated heterocycles. The van der Waals surface area contributed by atoms with Gasteiger partial charge in [-0.2, -0.15) is 0 Å². The monoisotopic (exact) mass is 536 g/mol. The molecule has 1 aromatic carbocycles. The standard InChI is InChI=1S/C20H21IN6O2S/c1-3-8-26-14-7-5-4-6-13(14)15(21)19(26)30-20-25-16-17(22)23-11-24-18(16)27(20)9-10-29-12(2)28/h4-7,11H,3,8-10H2,1-2H3,(H2,22,23,24). The number of hydrogen-bond acceptors (Lipinski definition) is 7. The molecular weight excluding hydrogens is 515 g/mol. The average Bonchev–Trinajstić information content (AvgIpc) is 3.20. The molecule has 4 rings (SSSR count). The van der Waals surface area contributed by atoms with Crippen LogP contribution < -0.4 is 5.73 Å². The number of halogens is 1. The van der Waals surface area contributed by atoms with Crippen molar-refractivity contribution in [3.8, 4) is 0 Å². The summed E-state index contributed by atoms with van der Waals surface area (Å²) >= 11 is 3.97. The zero-order valence-corrected chi connectivity index (χ0v) is 19.6. The summed E-state index contributed by atoms with van der Waals surface area (Å²) in [5.74, 6) is 0.0114. The fourth-order valence-corrected chi connectivity index (χ4v) is 5.54. The molecule has 0 radical (unpaired) electrons. The summed E-state index contributed by atoms with van der Waals surface area (Å²) in [4.78, 5) is 24.4. The number of aryl methyl sites for hydroxylation is 1. The lowest BCUT2D eigenvalue weighted by Gasteiger charge is -2.11. The van der Waals surface area contributed by atoms with Crippen molar-refractivity contribution in [1.29, 1.82) is 0 Å². The Balaban J connectivity index is 1.82. The Morgan fingerprint density at radius 2 is 2.03 bits per heavy atom. The molecule has 4 aromatic rings. The smallest absolute Gasteiger partial charge is 0.302 e. The highest BCUT2D eigenvalue weighted by Gasteiger charge is 2.21. The van der Waals surface area contributed by atoms with Crippen molar-refractivity contribution in [3.05, 3.63) is 34.2 Å². The highest BCUT2D eigenvalue weighted by Crippen LogP contribution is 2.39. The minimum Gasteiger partial charge on any atom is -0.464 e. The first kappa shape index (κ1) is 20.9. The van der Waals surface area contributed by atoms with E-state index in [1.807, 2.05) is 4.57 Å². The van der Waals surface area contributed by atoms with Crippen molar-refractivity contribution in [2.24, 2.45) is 0 Å². The van der Waals surface area contributed by atoms with Gasteiger partial charge in [0.15, 0.2) is 22.1 Å². The van der Waals surface area contributed by atoms with Crippen molar-refractivity contribution in [2.45, 2.75) is 43.5 Å². The van der Waals surface area contributed by atoms with Crippen molar-refractivity contribution in [3.63, 3.8) is 0 Å². The lowest BCUT2D eigenvalue weighted by Crippen LogP contribution is -2.10. The highest BCUT2D eigenvalue weighted by molar-refractivity contribution is 14.1. The molecule has 2 N–H and O–H groups in total. The number of carbonyl (C=O) groups is 1. The van der Waals surface area contributed by atoms with Gasteiger partial charge in [-0.1, -0.05) is 25.1 Å². The second-order valence-corrected chi connectivity index (χ2v) is 8.74. The van der Waals surface area contributed by atoms with Gasteiger partial charge in [-0.3, -0.25) is 9.36 Å². The third-order valence-electron chi connectivity index (χ3n) is 4.64. The number of para-hydroxylation sites is 1. The van der Waals surface area contributed by atoms with Gasteiger partial charge in [0, 0.05) is 24.4 Å². The van der Waals surface area contributed by atoms with Crippen molar-refractivity contribution in [1.82, 2.24) is 24.1 Å². The van der Waals surface area contributed by atoms with Gasteiger partial charge in [0.2, 0.25) is 0 Å². The fraction of sp³-hybridized carbons (Fsp3) is 0.300. The summed E-state index contributed by atoms with van der Waals surface area (Å²) < 4.78 is 10.6. The molecule has 0 aliphatic heterocycles. The third kappa shape index (κ3) is 3.85. The van der Waals surface area contributed by atoms with E-state index in [-0.39, 0.29) is 12.6 Å². The van der Waals surface area contributed by atoms with E-state index in [1.54, 1.807) is 11.8 Å². The van der Waals surface area contributed by atoms with Gasteiger partial charge in [-0.15, -0.1) is 0 Å². The predicted molar refractivity (Wildman–Crippen MR) is 125 cm³/mol. The van der Waals surface area contributed by atoms with Crippen LogP contribution in [0, 0.1) is 3.57 Å². The number of anilines is 1. The van der Waals surface area contributed by atoms with Crippen LogP contribution in [0.4, 0.5) is 5.82 Å². The molecule has 3 heterocycles. The normalized spacial score (nSPS) is 11.4. The van der Waals surface area contributed by atoms with Gasteiger partial charge in [-0.25, -0.2) is 15.0 Å². The largest absolute Gasteiger partial charge is 0.464 e. The number of hydrogen-bond donors (Lipinski definition) is 1. The summed E-state index contributed by atoms with van der Waals surface area (Å²) in [6, 6.07) is 8.40. The highest BCUT2D eigenvalue weighted by atomic mass is 127. The zero-order chi connectivity index (χ0) is 21.3. The minimum atomic E-state index is -0.319. The molecule has 30 heavy (non-hydrogen) atoms. The molecule has 0 aliphatic rings. The second kappa shape index (κ2) is 8.80. The SMILES string of the molecule is CCCn1c(Sc2nc3c(N)ncnc3n2CCOC(C)=O)c(I)c2ccccc21. The van der Waals surface area contributed by atoms with Crippen LogP contribution in [0.5, 0.6) is 0 Å². The van der Waals surface area contributed by atoms with E-state index >= 15 is 0 Å². The molecule has 3 aromatic heterocycles. The van der Waals surface area contributed by atoms with Crippen LogP contribution in [-0.2, 0) is 22.6 Å². The molecule has 0 amide bonds. The Hall–Kier alpha value is -2.34. The number of nitrogen functional groups attached to an aromatic ring is 1. The molecule has 10 heteroatoms. The number of benzene rings is 1. The Kier molecular flexibility index (Phi) is 6.14. The van der Waals surface area contributed by atoms with Gasteiger partial charge in [0.1, 0.15) is 12.9 Å². The number of esters is 1. The molecule has 0 fully saturated rings. The van der Waals surface area contributed by atoms with Crippen LogP contribution in [0.1, 0.15) is 20.3 Å². The third-order valence-corrected chi connectivity index (χ3v) is 7.22. The van der Waals surface area contributed by atoms with Crippen LogP contribution >= 0.6 is 34.4 Å². The number of nitrogens with two attached hydrogens (primary N) is 1. The summed E-state index contributed by atoms with van der Waals surface area (Å²) in [7, 11) is 0. The molecule has 0 spiro atoms. The predicted octanol–water partition coefficient (Wildman–Crippen LogP) is 4.09. The topological polar surface area (TPSA) is 101 Å². The zero-order valence-electron chi connectivity index (χ0n) is 16.6. The summed E-state index contributed by atoms with van der Waals surface area (Å²) in [6.45, 7) is 5.13. The quantitative estimate of drug-likeness (QED) is 0.281. The number of carbonyl (C=O) groups excluding carboxylic acids is 1. The maximum Gasteiger partial charge on any atom is 0.302 e. The number of nitrogens with zero attached hydrogens (tertiary/aromatic N) is 5. The summed E-state index contributed by atoms with van der Waals surface area (Å²) in [6.07, 6.45) is 2.44. The van der Waals surface area contributed by atoms with Gasteiger partial charge in [-0.05, 0) is 46.8 Å². The van der Waals surface area contributed by atoms with E-state index in [9.17, 15) is 4.79 Å². The van der Waals surface area contributed by atoms with Crippen LogP contribution in [0.2, 0.25) is 0 Å². The van der Waals surface area contributed by atoms with E-state index in [2.05, 4.69) is 68.3 Å². The minimum absolute atomic E-state index is 0.229. The van der Waals surface area contributed by atoms with Gasteiger partial charge < -0.3 is 15.0 Å². The maximum absolute atomic E-state index is 11.2. The molecule has 0 unspecified atom stereocenters. The van der Waals surface area contributed by atoms with Crippen LogP contribution in [0.25, 0.3) is 22.1 Å². The lowest BCUT2D eigenvalue weighted by molar-refractivity contribution is -0.141. The summed E-state index contributed by atoms with van der Waals surface area (Å²) in [5, 5.41) is 3.08. The molecule has 0 atom stereocenters.